The minimum absolute atomic E-state index is 0. The first-order chi connectivity index (χ1) is 7.23. The number of hydrogen-bond acceptors (Lipinski definition) is 1. The fourth-order valence-electron chi connectivity index (χ4n) is 3.58. The fraction of sp³-hybridized carbons (Fsp3) is 0.857. The van der Waals surface area contributed by atoms with Crippen LogP contribution >= 0.6 is 0 Å². The second kappa shape index (κ2) is 6.47. The van der Waals surface area contributed by atoms with Crippen molar-refractivity contribution in [3.05, 3.63) is 13.8 Å². The molecule has 1 nitrogen and oxygen atoms in total. The van der Waals surface area contributed by atoms with E-state index >= 15 is 0 Å². The summed E-state index contributed by atoms with van der Waals surface area (Å²) >= 11 is 0. The van der Waals surface area contributed by atoms with Crippen LogP contribution in [0, 0.1) is 66.0 Å². The minimum atomic E-state index is 0. The zero-order valence-electron chi connectivity index (χ0n) is 10.7. The average molecular weight is 352 g/mol. The van der Waals surface area contributed by atoms with Crippen molar-refractivity contribution in [3.8, 4) is 0 Å². The van der Waals surface area contributed by atoms with E-state index in [1.54, 1.807) is 0 Å². The molecule has 0 aromatic rings. The van der Waals surface area contributed by atoms with Crippen LogP contribution in [-0.2, 0) is 0 Å². The molecule has 1 aliphatic carbocycles. The van der Waals surface area contributed by atoms with Gasteiger partial charge in [-0.25, -0.2) is 0 Å². The van der Waals surface area contributed by atoms with Gasteiger partial charge in [0.15, 0.2) is 0 Å². The van der Waals surface area contributed by atoms with E-state index in [0.29, 0.717) is 11.5 Å². The van der Waals surface area contributed by atoms with Crippen molar-refractivity contribution in [2.24, 2.45) is 11.3 Å². The summed E-state index contributed by atoms with van der Waals surface area (Å²) < 4.78 is 0. The summed E-state index contributed by atoms with van der Waals surface area (Å²) in [5.74, 6) is 1.03. The second-order valence-corrected chi connectivity index (χ2v) is 5.63. The van der Waals surface area contributed by atoms with Gasteiger partial charge in [-0.15, -0.1) is 0 Å². The molecule has 92 valence electrons. The van der Waals surface area contributed by atoms with Crippen LogP contribution in [0.2, 0.25) is 0 Å². The first-order valence-electron chi connectivity index (χ1n) is 6.55. The molecule has 2 fully saturated rings. The molecular weight excluding hydrogens is 326 g/mol. The molecule has 0 N–H and O–H groups in total. The van der Waals surface area contributed by atoms with Crippen molar-refractivity contribution in [2.45, 2.75) is 51.5 Å². The first-order valence-corrected chi connectivity index (χ1v) is 6.55. The molecule has 0 aromatic carbocycles. The van der Waals surface area contributed by atoms with E-state index in [1.165, 1.54) is 38.8 Å². The Morgan fingerprint density at radius 1 is 1.31 bits per heavy atom. The molecule has 0 radical (unpaired) electrons. The van der Waals surface area contributed by atoms with Crippen molar-refractivity contribution in [1.82, 2.24) is 4.90 Å². The summed E-state index contributed by atoms with van der Waals surface area (Å²) in [7, 11) is 0. The van der Waals surface area contributed by atoms with Gasteiger partial charge in [-0.2, -0.15) is 12.8 Å². The third kappa shape index (κ3) is 3.00. The monoisotopic (exact) mass is 349 g/mol. The van der Waals surface area contributed by atoms with E-state index in [0.717, 1.165) is 18.8 Å². The molecule has 0 unspecified atom stereocenters. The van der Waals surface area contributed by atoms with Gasteiger partial charge in [0.05, 0.1) is 0 Å². The van der Waals surface area contributed by atoms with Gasteiger partial charge in [0.1, 0.15) is 0 Å². The minimum Gasteiger partial charge on any atom is -0.342 e. The van der Waals surface area contributed by atoms with E-state index in [2.05, 4.69) is 25.7 Å². The Balaban J connectivity index is 0.00000128. The van der Waals surface area contributed by atoms with Crippen molar-refractivity contribution in [3.63, 3.8) is 0 Å². The molecule has 0 atom stereocenters. The molecule has 1 aliphatic heterocycles. The molecule has 1 spiro atoms. The van der Waals surface area contributed by atoms with E-state index in [4.69, 9.17) is 0 Å². The van der Waals surface area contributed by atoms with E-state index in [-0.39, 0.29) is 40.8 Å². The molecule has 0 aromatic heterocycles. The van der Waals surface area contributed by atoms with Crippen LogP contribution in [0.15, 0.2) is 0 Å². The van der Waals surface area contributed by atoms with Crippen LogP contribution in [0.25, 0.3) is 0 Å². The zero-order chi connectivity index (χ0) is 10.9. The summed E-state index contributed by atoms with van der Waals surface area (Å²) in [6.45, 7) is 13.0. The molecule has 0 bridgehead atoms. The van der Waals surface area contributed by atoms with Gasteiger partial charge in [0.2, 0.25) is 0 Å². The Morgan fingerprint density at radius 3 is 2.44 bits per heavy atom. The molecule has 2 heteroatoms. The third-order valence-corrected chi connectivity index (χ3v) is 4.67. The quantitative estimate of drug-likeness (QED) is 0.703. The van der Waals surface area contributed by atoms with Crippen molar-refractivity contribution in [2.75, 3.05) is 13.1 Å². The van der Waals surface area contributed by atoms with E-state index in [9.17, 15) is 0 Å². The predicted octanol–water partition coefficient (Wildman–Crippen LogP) is 3.32. The summed E-state index contributed by atoms with van der Waals surface area (Å²) in [6, 6.07) is 0.644. The molecular formula is C14H25NNd-2. The molecule has 1 heterocycles. The topological polar surface area (TPSA) is 3.24 Å². The molecule has 0 amide bonds. The van der Waals surface area contributed by atoms with Gasteiger partial charge in [-0.05, 0) is 43.2 Å². The number of nitrogens with zero attached hydrogens (tertiary/aromatic N) is 1. The SMILES string of the molecule is [CH2-]CC(C[CH2-])N1CCC2(CC(CC)C2)C1.[Nd]. The predicted molar refractivity (Wildman–Crippen MR) is 65.4 cm³/mol. The molecule has 1 saturated heterocycles. The van der Waals surface area contributed by atoms with Crippen molar-refractivity contribution in [1.29, 1.82) is 0 Å². The Kier molecular flexibility index (Phi) is 6.21. The van der Waals surface area contributed by atoms with Crippen LogP contribution < -0.4 is 0 Å². The average Bonchev–Trinajstić information content (AvgIpc) is 2.62. The maximum Gasteiger partial charge on any atom is 0.00395 e. The molecule has 16 heavy (non-hydrogen) atoms. The Hall–Kier alpha value is 1.31. The Bertz CT molecular complexity index is 207. The van der Waals surface area contributed by atoms with Gasteiger partial charge in [0.25, 0.3) is 0 Å². The molecule has 2 rings (SSSR count). The van der Waals surface area contributed by atoms with Crippen LogP contribution in [0.3, 0.4) is 0 Å². The maximum absolute atomic E-state index is 4.04. The Morgan fingerprint density at radius 2 is 1.94 bits per heavy atom. The second-order valence-electron chi connectivity index (χ2n) is 5.63. The zero-order valence-corrected chi connectivity index (χ0v) is 13.9. The Labute approximate surface area is 134 Å². The van der Waals surface area contributed by atoms with Gasteiger partial charge in [-0.1, -0.05) is 13.3 Å². The summed E-state index contributed by atoms with van der Waals surface area (Å²) in [4.78, 5) is 2.64. The largest absolute Gasteiger partial charge is 0.342 e. The summed E-state index contributed by atoms with van der Waals surface area (Å²) in [5.41, 5.74) is 0.712. The summed E-state index contributed by atoms with van der Waals surface area (Å²) in [6.07, 6.45) is 7.84. The summed E-state index contributed by atoms with van der Waals surface area (Å²) in [5, 5.41) is 0. The third-order valence-electron chi connectivity index (χ3n) is 4.67. The standard InChI is InChI=1S/C14H25N.Nd/c1-4-12-9-14(10-12)7-8-15(11-14)13(5-2)6-3;/h12-13H,2-11H2,1H3;/q-2;. The van der Waals surface area contributed by atoms with E-state index < -0.39 is 0 Å². The fourth-order valence-corrected chi connectivity index (χ4v) is 3.58. The van der Waals surface area contributed by atoms with Gasteiger partial charge >= 0.3 is 0 Å². The van der Waals surface area contributed by atoms with Gasteiger partial charge < -0.3 is 18.7 Å². The van der Waals surface area contributed by atoms with Crippen LogP contribution in [0.5, 0.6) is 0 Å². The van der Waals surface area contributed by atoms with Crippen molar-refractivity contribution >= 4 is 0 Å². The van der Waals surface area contributed by atoms with Crippen LogP contribution in [-0.4, -0.2) is 24.0 Å². The first kappa shape index (κ1) is 15.4. The molecule has 1 saturated carbocycles. The van der Waals surface area contributed by atoms with E-state index in [1.807, 2.05) is 0 Å². The van der Waals surface area contributed by atoms with Gasteiger partial charge in [0, 0.05) is 47.4 Å². The normalized spacial score (nSPS) is 34.1. The molecule has 2 aliphatic rings. The number of rotatable bonds is 4. The number of hydrogen-bond donors (Lipinski definition) is 0. The van der Waals surface area contributed by atoms with Crippen LogP contribution in [0.1, 0.15) is 45.4 Å². The van der Waals surface area contributed by atoms with Crippen molar-refractivity contribution < 1.29 is 40.8 Å². The van der Waals surface area contributed by atoms with Gasteiger partial charge in [-0.3, -0.25) is 0 Å². The number of likely N-dealkylation sites (tertiary alicyclic amines) is 1. The van der Waals surface area contributed by atoms with Crippen LogP contribution in [0.4, 0.5) is 0 Å². The maximum atomic E-state index is 4.04. The smallest absolute Gasteiger partial charge is 0.00395 e.